The maximum Gasteiger partial charge on any atom is 0.334 e. The minimum absolute atomic E-state index is 0.100. The van der Waals surface area contributed by atoms with Gasteiger partial charge in [-0.15, -0.1) is 0 Å². The predicted molar refractivity (Wildman–Crippen MR) is 60.9 cm³/mol. The molecule has 1 unspecified atom stereocenters. The highest BCUT2D eigenvalue weighted by molar-refractivity contribution is 5.77. The Morgan fingerprint density at radius 1 is 1.53 bits per heavy atom. The molecule has 1 heterocycles. The average molecular weight is 245 g/mol. The molecule has 1 aliphatic heterocycles. The highest BCUT2D eigenvalue weighted by atomic mass is 16.5. The van der Waals surface area contributed by atoms with E-state index in [2.05, 4.69) is 5.32 Å². The number of carbonyl (C=O) groups is 2. The van der Waals surface area contributed by atoms with Crippen LogP contribution in [0.3, 0.4) is 0 Å². The van der Waals surface area contributed by atoms with Crippen LogP contribution < -0.4 is 5.32 Å². The summed E-state index contributed by atoms with van der Waals surface area (Å²) in [5.41, 5.74) is 0. The molecule has 2 N–H and O–H groups in total. The smallest absolute Gasteiger partial charge is 0.334 e. The SMILES string of the molecule is CN(C)CCNC(=O)N1CCOC(C(=O)O)C1. The number of carbonyl (C=O) groups excluding carboxylic acids is 1. The monoisotopic (exact) mass is 245 g/mol. The normalized spacial score (nSPS) is 20.4. The van der Waals surface area contributed by atoms with Crippen LogP contribution in [0, 0.1) is 0 Å². The van der Waals surface area contributed by atoms with Crippen molar-refractivity contribution in [2.45, 2.75) is 6.10 Å². The van der Waals surface area contributed by atoms with Crippen LogP contribution in [0.4, 0.5) is 4.79 Å². The molecule has 0 saturated carbocycles. The van der Waals surface area contributed by atoms with Crippen LogP contribution in [0.25, 0.3) is 0 Å². The number of urea groups is 1. The van der Waals surface area contributed by atoms with E-state index in [-0.39, 0.29) is 19.2 Å². The van der Waals surface area contributed by atoms with Gasteiger partial charge in [0.1, 0.15) is 0 Å². The van der Waals surface area contributed by atoms with E-state index in [0.717, 1.165) is 6.54 Å². The van der Waals surface area contributed by atoms with E-state index in [1.54, 1.807) is 0 Å². The highest BCUT2D eigenvalue weighted by Crippen LogP contribution is 2.05. The number of aliphatic carboxylic acids is 1. The Kier molecular flexibility index (Phi) is 5.17. The molecule has 0 aromatic rings. The largest absolute Gasteiger partial charge is 0.479 e. The molecule has 0 aromatic heterocycles. The molecule has 0 aromatic carbocycles. The second-order valence-electron chi connectivity index (χ2n) is 4.18. The average Bonchev–Trinajstić information content (AvgIpc) is 2.28. The van der Waals surface area contributed by atoms with Gasteiger partial charge in [0.2, 0.25) is 0 Å². The Bertz CT molecular complexity index is 283. The molecule has 1 fully saturated rings. The standard InChI is InChI=1S/C10H19N3O4/c1-12(2)4-3-11-10(16)13-5-6-17-8(7-13)9(14)15/h8H,3-7H2,1-2H3,(H,11,16)(H,14,15). The van der Waals surface area contributed by atoms with Crippen LogP contribution in [0.15, 0.2) is 0 Å². The van der Waals surface area contributed by atoms with Gasteiger partial charge >= 0.3 is 12.0 Å². The van der Waals surface area contributed by atoms with Crippen molar-refractivity contribution in [1.82, 2.24) is 15.1 Å². The zero-order valence-electron chi connectivity index (χ0n) is 10.2. The third-order valence-corrected chi connectivity index (χ3v) is 2.46. The number of carboxylic acid groups (broad SMARTS) is 1. The molecular formula is C10H19N3O4. The van der Waals surface area contributed by atoms with Crippen molar-refractivity contribution in [3.8, 4) is 0 Å². The fraction of sp³-hybridized carbons (Fsp3) is 0.800. The fourth-order valence-corrected chi connectivity index (χ4v) is 1.48. The molecule has 0 radical (unpaired) electrons. The maximum atomic E-state index is 11.7. The molecule has 2 amide bonds. The van der Waals surface area contributed by atoms with Gasteiger partial charge < -0.3 is 25.0 Å². The van der Waals surface area contributed by atoms with Gasteiger partial charge in [-0.3, -0.25) is 0 Å². The van der Waals surface area contributed by atoms with Gasteiger partial charge in [-0.1, -0.05) is 0 Å². The van der Waals surface area contributed by atoms with Crippen LogP contribution in [-0.2, 0) is 9.53 Å². The summed E-state index contributed by atoms with van der Waals surface area (Å²) in [5, 5.41) is 11.5. The number of likely N-dealkylation sites (N-methyl/N-ethyl adjacent to an activating group) is 1. The molecular weight excluding hydrogens is 226 g/mol. The number of rotatable bonds is 4. The zero-order valence-corrected chi connectivity index (χ0v) is 10.2. The summed E-state index contributed by atoms with van der Waals surface area (Å²) < 4.78 is 5.03. The third-order valence-electron chi connectivity index (χ3n) is 2.46. The fourth-order valence-electron chi connectivity index (χ4n) is 1.48. The minimum Gasteiger partial charge on any atom is -0.479 e. The van der Waals surface area contributed by atoms with Crippen molar-refractivity contribution < 1.29 is 19.4 Å². The maximum absolute atomic E-state index is 11.7. The van der Waals surface area contributed by atoms with Crippen LogP contribution in [0.5, 0.6) is 0 Å². The van der Waals surface area contributed by atoms with E-state index in [1.165, 1.54) is 4.90 Å². The molecule has 1 atom stereocenters. The zero-order chi connectivity index (χ0) is 12.8. The summed E-state index contributed by atoms with van der Waals surface area (Å²) in [7, 11) is 3.84. The van der Waals surface area contributed by atoms with Gasteiger partial charge in [0.25, 0.3) is 0 Å². The summed E-state index contributed by atoms with van der Waals surface area (Å²) in [6.45, 7) is 2.08. The number of nitrogens with one attached hydrogen (secondary N) is 1. The van der Waals surface area contributed by atoms with Crippen molar-refractivity contribution in [2.24, 2.45) is 0 Å². The minimum atomic E-state index is -1.03. The first-order valence-corrected chi connectivity index (χ1v) is 5.52. The topological polar surface area (TPSA) is 82.1 Å². The van der Waals surface area contributed by atoms with Crippen molar-refractivity contribution >= 4 is 12.0 Å². The molecule has 1 saturated heterocycles. The number of hydrogen-bond acceptors (Lipinski definition) is 4. The lowest BCUT2D eigenvalue weighted by Crippen LogP contribution is -2.52. The number of morpholine rings is 1. The van der Waals surface area contributed by atoms with Gasteiger partial charge in [-0.25, -0.2) is 9.59 Å². The summed E-state index contributed by atoms with van der Waals surface area (Å²) in [5.74, 6) is -1.03. The molecule has 17 heavy (non-hydrogen) atoms. The van der Waals surface area contributed by atoms with Crippen LogP contribution in [-0.4, -0.2) is 79.9 Å². The van der Waals surface area contributed by atoms with E-state index in [9.17, 15) is 9.59 Å². The van der Waals surface area contributed by atoms with Crippen LogP contribution in [0.1, 0.15) is 0 Å². The van der Waals surface area contributed by atoms with E-state index < -0.39 is 12.1 Å². The molecule has 98 valence electrons. The van der Waals surface area contributed by atoms with Gasteiger partial charge in [-0.2, -0.15) is 0 Å². The van der Waals surface area contributed by atoms with Crippen molar-refractivity contribution in [3.05, 3.63) is 0 Å². The molecule has 0 bridgehead atoms. The first-order chi connectivity index (χ1) is 8.00. The summed E-state index contributed by atoms with van der Waals surface area (Å²) in [6.07, 6.45) is -0.914. The van der Waals surface area contributed by atoms with Crippen LogP contribution >= 0.6 is 0 Å². The number of hydrogen-bond donors (Lipinski definition) is 2. The Morgan fingerprint density at radius 3 is 2.82 bits per heavy atom. The van der Waals surface area contributed by atoms with E-state index in [0.29, 0.717) is 13.1 Å². The molecule has 1 rings (SSSR count). The van der Waals surface area contributed by atoms with E-state index in [1.807, 2.05) is 19.0 Å². The van der Waals surface area contributed by atoms with Crippen molar-refractivity contribution in [2.75, 3.05) is 46.9 Å². The van der Waals surface area contributed by atoms with E-state index >= 15 is 0 Å². The molecule has 1 aliphatic rings. The number of carboxylic acids is 1. The highest BCUT2D eigenvalue weighted by Gasteiger charge is 2.28. The van der Waals surface area contributed by atoms with Gasteiger partial charge in [0, 0.05) is 19.6 Å². The Balaban J connectivity index is 2.33. The second kappa shape index (κ2) is 6.41. The Labute approximate surface area is 100 Å². The lowest BCUT2D eigenvalue weighted by Gasteiger charge is -2.31. The quantitative estimate of drug-likeness (QED) is 0.667. The third kappa shape index (κ3) is 4.58. The summed E-state index contributed by atoms with van der Waals surface area (Å²) in [6, 6.07) is -0.235. The first kappa shape index (κ1) is 13.7. The molecule has 7 nitrogen and oxygen atoms in total. The van der Waals surface area contributed by atoms with E-state index in [4.69, 9.17) is 9.84 Å². The summed E-state index contributed by atoms with van der Waals surface area (Å²) in [4.78, 5) is 25.9. The lowest BCUT2D eigenvalue weighted by molar-refractivity contribution is -0.154. The van der Waals surface area contributed by atoms with Crippen molar-refractivity contribution in [3.63, 3.8) is 0 Å². The second-order valence-corrected chi connectivity index (χ2v) is 4.18. The van der Waals surface area contributed by atoms with Crippen LogP contribution in [0.2, 0.25) is 0 Å². The van der Waals surface area contributed by atoms with Gasteiger partial charge in [-0.05, 0) is 14.1 Å². The number of ether oxygens (including phenoxy) is 1. The molecule has 0 aliphatic carbocycles. The molecule has 7 heteroatoms. The number of nitrogens with zero attached hydrogens (tertiary/aromatic N) is 2. The van der Waals surface area contributed by atoms with Gasteiger partial charge in [0.05, 0.1) is 13.2 Å². The Morgan fingerprint density at radius 2 is 2.24 bits per heavy atom. The van der Waals surface area contributed by atoms with Gasteiger partial charge in [0.15, 0.2) is 6.10 Å². The molecule has 0 spiro atoms. The lowest BCUT2D eigenvalue weighted by atomic mass is 10.3. The predicted octanol–water partition coefficient (Wildman–Crippen LogP) is -0.957. The van der Waals surface area contributed by atoms with Crippen molar-refractivity contribution in [1.29, 1.82) is 0 Å². The first-order valence-electron chi connectivity index (χ1n) is 5.52. The summed E-state index contributed by atoms with van der Waals surface area (Å²) >= 11 is 0. The number of amides is 2. The Hall–Kier alpha value is -1.34.